The number of nitrogens with one attached hydrogen (secondary N) is 1. The van der Waals surface area contributed by atoms with Crippen molar-refractivity contribution >= 4 is 57.3 Å². The lowest BCUT2D eigenvalue weighted by molar-refractivity contribution is 0.108. The van der Waals surface area contributed by atoms with Gasteiger partial charge in [-0.05, 0) is 47.4 Å². The quantitative estimate of drug-likeness (QED) is 0.846. The molecule has 3 nitrogen and oxygen atoms in total. The molecule has 0 aliphatic carbocycles. The van der Waals surface area contributed by atoms with Crippen LogP contribution in [0, 0.1) is 0 Å². The number of nitrogens with zero attached hydrogens (tertiary/aromatic N) is 1. The zero-order chi connectivity index (χ0) is 13.1. The molecule has 2 aromatic rings. The van der Waals surface area contributed by atoms with Gasteiger partial charge in [0.05, 0.1) is 17.3 Å². The lowest BCUT2D eigenvalue weighted by Crippen LogP contribution is -2.00. The third-order valence-corrected chi connectivity index (χ3v) is 4.14. The molecule has 0 radical (unpaired) electrons. The molecule has 0 saturated heterocycles. The first kappa shape index (κ1) is 13.6. The van der Waals surface area contributed by atoms with Crippen molar-refractivity contribution in [1.29, 1.82) is 0 Å². The molecule has 0 unspecified atom stereocenters. The molecular weight excluding hydrogens is 315 g/mol. The van der Waals surface area contributed by atoms with Gasteiger partial charge in [-0.15, -0.1) is 0 Å². The fraction of sp³-hybridized carbons (Fsp3) is 0.0909. The third kappa shape index (κ3) is 3.14. The Morgan fingerprint density at radius 1 is 1.28 bits per heavy atom. The summed E-state index contributed by atoms with van der Waals surface area (Å²) in [4.78, 5) is 10.9. The largest absolute Gasteiger partial charge is 0.379 e. The maximum Gasteiger partial charge on any atom is 0.252 e. The summed E-state index contributed by atoms with van der Waals surface area (Å²) in [5, 5.41) is 3.13. The highest BCUT2D eigenvalue weighted by Crippen LogP contribution is 2.29. The van der Waals surface area contributed by atoms with Gasteiger partial charge < -0.3 is 5.32 Å². The summed E-state index contributed by atoms with van der Waals surface area (Å²) in [6.45, 7) is 0.468. The third-order valence-electron chi connectivity index (χ3n) is 2.23. The number of carbonyl (C=O) groups excluding carboxylic acids is 1. The van der Waals surface area contributed by atoms with Crippen LogP contribution < -0.4 is 5.32 Å². The van der Waals surface area contributed by atoms with Gasteiger partial charge >= 0.3 is 0 Å². The minimum atomic E-state index is -0.476. The van der Waals surface area contributed by atoms with E-state index in [0.717, 1.165) is 17.2 Å². The molecule has 0 atom stereocenters. The molecule has 0 saturated carbocycles. The SMILES string of the molecule is O=C(Cl)c1ccc(NCc2nsc(Cl)c2Cl)cc1. The number of anilines is 1. The fourth-order valence-corrected chi connectivity index (χ4v) is 2.45. The maximum absolute atomic E-state index is 10.9. The summed E-state index contributed by atoms with van der Waals surface area (Å²) in [5.74, 6) is 0. The highest BCUT2D eigenvalue weighted by atomic mass is 35.5. The molecule has 0 fully saturated rings. The summed E-state index contributed by atoms with van der Waals surface area (Å²) >= 11 is 18.3. The highest BCUT2D eigenvalue weighted by Gasteiger charge is 2.09. The predicted octanol–water partition coefficient (Wildman–Crippen LogP) is 4.44. The van der Waals surface area contributed by atoms with Crippen LogP contribution in [0.3, 0.4) is 0 Å². The first-order valence-corrected chi connectivity index (χ1v) is 6.82. The van der Waals surface area contributed by atoms with Crippen molar-refractivity contribution in [2.75, 3.05) is 5.32 Å². The summed E-state index contributed by atoms with van der Waals surface area (Å²) < 4.78 is 4.60. The van der Waals surface area contributed by atoms with Crippen molar-refractivity contribution in [3.05, 3.63) is 44.9 Å². The standard InChI is InChI=1S/C11H7Cl3N2OS/c12-9-8(16-18-11(9)14)5-15-7-3-1-6(2-4-7)10(13)17/h1-4,15H,5H2. The van der Waals surface area contributed by atoms with Crippen LogP contribution in [0.15, 0.2) is 24.3 Å². The average Bonchev–Trinajstić information content (AvgIpc) is 2.68. The Morgan fingerprint density at radius 3 is 2.44 bits per heavy atom. The molecule has 1 aromatic heterocycles. The summed E-state index contributed by atoms with van der Waals surface area (Å²) in [6, 6.07) is 6.82. The van der Waals surface area contributed by atoms with E-state index in [4.69, 9.17) is 34.8 Å². The zero-order valence-corrected chi connectivity index (χ0v) is 12.0. The smallest absolute Gasteiger partial charge is 0.252 e. The van der Waals surface area contributed by atoms with Gasteiger partial charge in [-0.25, -0.2) is 0 Å². The van der Waals surface area contributed by atoms with Crippen LogP contribution in [0.5, 0.6) is 0 Å². The molecule has 0 amide bonds. The van der Waals surface area contributed by atoms with Gasteiger partial charge in [0.15, 0.2) is 0 Å². The monoisotopic (exact) mass is 320 g/mol. The molecule has 94 valence electrons. The summed E-state index contributed by atoms with van der Waals surface area (Å²) in [7, 11) is 0. The number of halogens is 3. The molecule has 1 heterocycles. The summed E-state index contributed by atoms with van der Waals surface area (Å²) in [6.07, 6.45) is 0. The molecule has 0 bridgehead atoms. The van der Waals surface area contributed by atoms with Crippen LogP contribution in [-0.2, 0) is 6.54 Å². The van der Waals surface area contributed by atoms with Gasteiger partial charge in [-0.2, -0.15) is 4.37 Å². The van der Waals surface area contributed by atoms with Crippen molar-refractivity contribution in [2.45, 2.75) is 6.54 Å². The second-order valence-corrected chi connectivity index (χ2v) is 5.52. The van der Waals surface area contributed by atoms with Gasteiger partial charge in [0.2, 0.25) is 0 Å². The highest BCUT2D eigenvalue weighted by molar-refractivity contribution is 7.11. The van der Waals surface area contributed by atoms with E-state index < -0.39 is 5.24 Å². The lowest BCUT2D eigenvalue weighted by atomic mass is 10.2. The molecule has 18 heavy (non-hydrogen) atoms. The summed E-state index contributed by atoms with van der Waals surface area (Å²) in [5.41, 5.74) is 2.00. The number of hydrogen-bond acceptors (Lipinski definition) is 4. The first-order valence-electron chi connectivity index (χ1n) is 4.91. The van der Waals surface area contributed by atoms with E-state index in [9.17, 15) is 4.79 Å². The molecule has 7 heteroatoms. The predicted molar refractivity (Wildman–Crippen MR) is 76.1 cm³/mol. The maximum atomic E-state index is 10.9. The molecule has 1 N–H and O–H groups in total. The zero-order valence-electron chi connectivity index (χ0n) is 8.91. The minimum absolute atomic E-state index is 0.456. The molecule has 0 spiro atoms. The van der Waals surface area contributed by atoms with Crippen LogP contribution in [-0.4, -0.2) is 9.62 Å². The Balaban J connectivity index is 2.02. The van der Waals surface area contributed by atoms with E-state index in [1.165, 1.54) is 0 Å². The van der Waals surface area contributed by atoms with Crippen LogP contribution in [0.2, 0.25) is 9.36 Å². The Kier molecular flexibility index (Phi) is 4.45. The van der Waals surface area contributed by atoms with Crippen LogP contribution in [0.4, 0.5) is 5.69 Å². The van der Waals surface area contributed by atoms with Crippen molar-refractivity contribution in [3.63, 3.8) is 0 Å². The van der Waals surface area contributed by atoms with Gasteiger partial charge in [0.1, 0.15) is 4.34 Å². The number of hydrogen-bond donors (Lipinski definition) is 1. The van der Waals surface area contributed by atoms with E-state index in [-0.39, 0.29) is 0 Å². The van der Waals surface area contributed by atoms with Crippen molar-refractivity contribution in [3.8, 4) is 0 Å². The fourth-order valence-electron chi connectivity index (χ4n) is 1.30. The van der Waals surface area contributed by atoms with E-state index >= 15 is 0 Å². The first-order chi connectivity index (χ1) is 8.58. The minimum Gasteiger partial charge on any atom is -0.379 e. The second kappa shape index (κ2) is 5.89. The second-order valence-electron chi connectivity index (χ2n) is 3.42. The Morgan fingerprint density at radius 2 is 1.94 bits per heavy atom. The Labute approximate surface area is 123 Å². The molecule has 0 aliphatic heterocycles. The molecule has 0 aliphatic rings. The van der Waals surface area contributed by atoms with Gasteiger partial charge in [-0.3, -0.25) is 4.79 Å². The van der Waals surface area contributed by atoms with E-state index in [1.54, 1.807) is 24.3 Å². The Bertz CT molecular complexity index is 568. The molecule has 2 rings (SSSR count). The van der Waals surface area contributed by atoms with E-state index in [2.05, 4.69) is 9.69 Å². The lowest BCUT2D eigenvalue weighted by Gasteiger charge is -2.05. The van der Waals surface area contributed by atoms with Crippen LogP contribution >= 0.6 is 46.3 Å². The topological polar surface area (TPSA) is 42.0 Å². The molecular formula is C11H7Cl3N2OS. The van der Waals surface area contributed by atoms with Gasteiger partial charge in [-0.1, -0.05) is 23.2 Å². The number of carbonyl (C=O) groups is 1. The van der Waals surface area contributed by atoms with Gasteiger partial charge in [0.25, 0.3) is 5.24 Å². The van der Waals surface area contributed by atoms with Crippen molar-refractivity contribution < 1.29 is 4.79 Å². The van der Waals surface area contributed by atoms with Gasteiger partial charge in [0, 0.05) is 11.3 Å². The van der Waals surface area contributed by atoms with Crippen LogP contribution in [0.1, 0.15) is 16.1 Å². The number of aromatic nitrogens is 1. The van der Waals surface area contributed by atoms with E-state index in [0.29, 0.717) is 27.2 Å². The normalized spacial score (nSPS) is 10.4. The Hall–Kier alpha value is -0.810. The number of benzene rings is 1. The van der Waals surface area contributed by atoms with Crippen molar-refractivity contribution in [2.24, 2.45) is 0 Å². The molecule has 1 aromatic carbocycles. The number of rotatable bonds is 4. The van der Waals surface area contributed by atoms with E-state index in [1.807, 2.05) is 0 Å². The van der Waals surface area contributed by atoms with Crippen molar-refractivity contribution in [1.82, 2.24) is 4.37 Å². The van der Waals surface area contributed by atoms with Crippen LogP contribution in [0.25, 0.3) is 0 Å². The average molecular weight is 322 g/mol.